The number of nitrogens with zero attached hydrogens (tertiary/aromatic N) is 3. The summed E-state index contributed by atoms with van der Waals surface area (Å²) in [4.78, 5) is 9.98. The van der Waals surface area contributed by atoms with Crippen LogP contribution in [0.1, 0.15) is 1.43 Å². The third kappa shape index (κ3) is 2.58. The van der Waals surface area contributed by atoms with Crippen LogP contribution >= 0.6 is 0 Å². The maximum absolute atomic E-state index is 9.98. The van der Waals surface area contributed by atoms with Crippen LogP contribution in [0.2, 0.25) is 0 Å². The molecule has 0 unspecified atom stereocenters. The SMILES string of the molecule is O=C(O)Cn1ccnn1.[Br-].[H+]. The van der Waals surface area contributed by atoms with E-state index in [9.17, 15) is 4.79 Å². The molecule has 0 bridgehead atoms. The molecule has 0 atom stereocenters. The first-order valence-corrected chi connectivity index (χ1v) is 2.35. The molecular formula is C4H6BrN3O2. The third-order valence-electron chi connectivity index (χ3n) is 0.769. The summed E-state index contributed by atoms with van der Waals surface area (Å²) in [6.45, 7) is -0.125. The molecule has 0 aliphatic rings. The lowest BCUT2D eigenvalue weighted by Crippen LogP contribution is -3.00. The normalized spacial score (nSPS) is 8.40. The highest BCUT2D eigenvalue weighted by atomic mass is 79.9. The van der Waals surface area contributed by atoms with Crippen molar-refractivity contribution in [1.29, 1.82) is 0 Å². The molecule has 0 saturated carbocycles. The number of carbonyl (C=O) groups is 1. The van der Waals surface area contributed by atoms with Crippen molar-refractivity contribution in [2.45, 2.75) is 6.54 Å². The van der Waals surface area contributed by atoms with Crippen LogP contribution in [0.15, 0.2) is 12.4 Å². The Morgan fingerprint density at radius 3 is 2.90 bits per heavy atom. The Balaban J connectivity index is 0. The van der Waals surface area contributed by atoms with E-state index in [1.807, 2.05) is 0 Å². The van der Waals surface area contributed by atoms with Gasteiger partial charge in [0.2, 0.25) is 0 Å². The largest absolute Gasteiger partial charge is 1.00 e. The van der Waals surface area contributed by atoms with Gasteiger partial charge in [0.25, 0.3) is 0 Å². The Hall–Kier alpha value is -0.910. The molecule has 0 aliphatic carbocycles. The van der Waals surface area contributed by atoms with E-state index in [1.54, 1.807) is 0 Å². The van der Waals surface area contributed by atoms with Gasteiger partial charge in [-0.2, -0.15) is 0 Å². The highest BCUT2D eigenvalue weighted by Gasteiger charge is 1.96. The van der Waals surface area contributed by atoms with Gasteiger partial charge in [-0.15, -0.1) is 5.10 Å². The first kappa shape index (κ1) is 9.09. The molecule has 56 valence electrons. The van der Waals surface area contributed by atoms with Gasteiger partial charge in [0.15, 0.2) is 0 Å². The monoisotopic (exact) mass is 207 g/mol. The van der Waals surface area contributed by atoms with Gasteiger partial charge in [0, 0.05) is 6.20 Å². The summed E-state index contributed by atoms with van der Waals surface area (Å²) in [5, 5.41) is 15.1. The minimum atomic E-state index is -0.916. The topological polar surface area (TPSA) is 68.0 Å². The lowest BCUT2D eigenvalue weighted by Gasteiger charge is -1.89. The zero-order chi connectivity index (χ0) is 6.69. The summed E-state index contributed by atoms with van der Waals surface area (Å²) < 4.78 is 1.24. The molecule has 0 saturated heterocycles. The van der Waals surface area contributed by atoms with Crippen LogP contribution in [-0.4, -0.2) is 26.1 Å². The van der Waals surface area contributed by atoms with Crippen molar-refractivity contribution in [3.05, 3.63) is 12.4 Å². The van der Waals surface area contributed by atoms with Crippen LogP contribution in [0, 0.1) is 0 Å². The maximum Gasteiger partial charge on any atom is 1.00 e. The fourth-order valence-corrected chi connectivity index (χ4v) is 0.456. The third-order valence-corrected chi connectivity index (χ3v) is 0.769. The molecule has 1 aromatic rings. The summed E-state index contributed by atoms with van der Waals surface area (Å²) in [7, 11) is 0. The van der Waals surface area contributed by atoms with E-state index in [1.165, 1.54) is 17.1 Å². The second-order valence-electron chi connectivity index (χ2n) is 1.49. The fraction of sp³-hybridized carbons (Fsp3) is 0.250. The Labute approximate surface area is 68.9 Å². The Bertz CT molecular complexity index is 203. The van der Waals surface area contributed by atoms with Gasteiger partial charge in [-0.05, 0) is 0 Å². The average molecular weight is 208 g/mol. The summed E-state index contributed by atoms with van der Waals surface area (Å²) in [6.07, 6.45) is 2.93. The molecule has 0 radical (unpaired) electrons. The van der Waals surface area contributed by atoms with E-state index in [0.717, 1.165) is 0 Å². The number of carboxylic acid groups (broad SMARTS) is 1. The Kier molecular flexibility index (Phi) is 3.63. The smallest absolute Gasteiger partial charge is 1.00 e. The van der Waals surface area contributed by atoms with Crippen molar-refractivity contribution in [2.75, 3.05) is 0 Å². The van der Waals surface area contributed by atoms with E-state index in [2.05, 4.69) is 10.3 Å². The number of hydrogen-bond acceptors (Lipinski definition) is 3. The Morgan fingerprint density at radius 2 is 2.50 bits per heavy atom. The number of carboxylic acids is 1. The van der Waals surface area contributed by atoms with Gasteiger partial charge in [0.05, 0.1) is 6.20 Å². The molecule has 6 heteroatoms. The summed E-state index contributed by atoms with van der Waals surface area (Å²) in [6, 6.07) is 0. The first-order chi connectivity index (χ1) is 4.29. The lowest BCUT2D eigenvalue weighted by molar-refractivity contribution is -0.137. The highest BCUT2D eigenvalue weighted by molar-refractivity contribution is 5.66. The molecule has 10 heavy (non-hydrogen) atoms. The predicted octanol–water partition coefficient (Wildman–Crippen LogP) is -3.52. The van der Waals surface area contributed by atoms with Crippen LogP contribution in [-0.2, 0) is 11.3 Å². The fourth-order valence-electron chi connectivity index (χ4n) is 0.456. The molecule has 0 aromatic carbocycles. The van der Waals surface area contributed by atoms with Gasteiger partial charge in [-0.3, -0.25) is 4.79 Å². The maximum atomic E-state index is 9.98. The minimum Gasteiger partial charge on any atom is -1.00 e. The quantitative estimate of drug-likeness (QED) is 0.547. The van der Waals surface area contributed by atoms with Crippen molar-refractivity contribution in [3.63, 3.8) is 0 Å². The molecule has 1 N–H and O–H groups in total. The molecule has 0 amide bonds. The van der Waals surface area contributed by atoms with Crippen molar-refractivity contribution in [1.82, 2.24) is 15.0 Å². The van der Waals surface area contributed by atoms with Gasteiger partial charge in [-0.25, -0.2) is 4.68 Å². The molecule has 0 fully saturated rings. The van der Waals surface area contributed by atoms with Crippen LogP contribution in [0.5, 0.6) is 0 Å². The highest BCUT2D eigenvalue weighted by Crippen LogP contribution is 1.78. The zero-order valence-corrected chi connectivity index (χ0v) is 6.52. The second kappa shape index (κ2) is 3.99. The molecule has 1 rings (SSSR count). The van der Waals surface area contributed by atoms with Gasteiger partial charge in [-0.1, -0.05) is 5.21 Å². The summed E-state index contributed by atoms with van der Waals surface area (Å²) in [5.74, 6) is -0.916. The molecule has 1 aromatic heterocycles. The Morgan fingerprint density at radius 1 is 1.80 bits per heavy atom. The molecule has 0 spiro atoms. The van der Waals surface area contributed by atoms with E-state index in [4.69, 9.17) is 5.11 Å². The number of aliphatic carboxylic acids is 1. The minimum absolute atomic E-state index is 0. The van der Waals surface area contributed by atoms with Crippen LogP contribution < -0.4 is 17.0 Å². The van der Waals surface area contributed by atoms with Crippen molar-refractivity contribution in [3.8, 4) is 0 Å². The van der Waals surface area contributed by atoms with Gasteiger partial charge < -0.3 is 22.1 Å². The zero-order valence-electron chi connectivity index (χ0n) is 5.94. The van der Waals surface area contributed by atoms with Crippen molar-refractivity contribution < 1.29 is 28.3 Å². The van der Waals surface area contributed by atoms with Crippen molar-refractivity contribution in [2.24, 2.45) is 0 Å². The molecule has 5 nitrogen and oxygen atoms in total. The average Bonchev–Trinajstić information content (AvgIpc) is 2.15. The lowest BCUT2D eigenvalue weighted by atomic mass is 10.7. The van der Waals surface area contributed by atoms with Crippen molar-refractivity contribution >= 4 is 5.97 Å². The molecule has 0 aliphatic heterocycles. The number of rotatable bonds is 2. The van der Waals surface area contributed by atoms with Crippen LogP contribution in [0.25, 0.3) is 0 Å². The number of halogens is 1. The van der Waals surface area contributed by atoms with Crippen LogP contribution in [0.4, 0.5) is 0 Å². The first-order valence-electron chi connectivity index (χ1n) is 2.35. The number of aromatic nitrogens is 3. The predicted molar refractivity (Wildman–Crippen MR) is 28.8 cm³/mol. The summed E-state index contributed by atoms with van der Waals surface area (Å²) in [5.41, 5.74) is 0. The van der Waals surface area contributed by atoms with E-state index < -0.39 is 5.97 Å². The molecule has 1 heterocycles. The van der Waals surface area contributed by atoms with E-state index >= 15 is 0 Å². The van der Waals surface area contributed by atoms with Gasteiger partial charge >= 0.3 is 7.40 Å². The summed E-state index contributed by atoms with van der Waals surface area (Å²) >= 11 is 0. The van der Waals surface area contributed by atoms with Crippen LogP contribution in [0.3, 0.4) is 0 Å². The second-order valence-corrected chi connectivity index (χ2v) is 1.49. The molecular weight excluding hydrogens is 202 g/mol. The van der Waals surface area contributed by atoms with E-state index in [0.29, 0.717) is 0 Å². The standard InChI is InChI=1S/C4H5N3O2.BrH/c8-4(9)3-7-2-1-5-6-7;/h1-2H,3H2,(H,8,9);1H. The number of hydrogen-bond donors (Lipinski definition) is 1. The van der Waals surface area contributed by atoms with E-state index in [-0.39, 0.29) is 25.0 Å². The van der Waals surface area contributed by atoms with Gasteiger partial charge in [0.1, 0.15) is 6.54 Å².